The lowest BCUT2D eigenvalue weighted by atomic mass is 9.97. The molecule has 0 bridgehead atoms. The predicted molar refractivity (Wildman–Crippen MR) is 108 cm³/mol. The van der Waals surface area contributed by atoms with Crippen LogP contribution in [0.25, 0.3) is 6.05 Å². The van der Waals surface area contributed by atoms with Crippen molar-refractivity contribution in [3.8, 4) is 5.75 Å². The number of aromatic hydroxyl groups is 1. The molecule has 12 heteroatoms. The molecule has 10 atom stereocenters. The molecule has 12 nitrogen and oxygen atoms in total. The fourth-order valence-corrected chi connectivity index (χ4v) is 3.48. The van der Waals surface area contributed by atoms with Gasteiger partial charge in [-0.2, -0.15) is 0 Å². The van der Waals surface area contributed by atoms with Crippen LogP contribution in [0.15, 0.2) is 30.3 Å². The quantitative estimate of drug-likeness (QED) is 0.171. The summed E-state index contributed by atoms with van der Waals surface area (Å²) in [6.07, 6.45) is -14.9. The van der Waals surface area contributed by atoms with Gasteiger partial charge in [-0.1, -0.05) is 12.1 Å². The van der Waals surface area contributed by atoms with E-state index >= 15 is 0 Å². The molecule has 1 aromatic rings. The van der Waals surface area contributed by atoms with Crippen LogP contribution in [0, 0.1) is 0 Å². The smallest absolute Gasteiger partial charge is 0.331 e. The molecule has 7 N–H and O–H groups in total. The van der Waals surface area contributed by atoms with E-state index in [0.29, 0.717) is 0 Å². The standard InChI is InChI=1S/C21H28O12/c1-9-14(25)16(27)18(20(29)30-9)33-21-19(17(28)15(26)12(8-22)31-21)32-13(24)7-4-10-2-5-11(23)6-3-10/h2-7,9,12,14-23,25-29H,8H2,1H3/b7-4+/t9-,12+,14-,15+,16+,17-,18+,19+,20+,21?/m0/s1/i4D. The summed E-state index contributed by atoms with van der Waals surface area (Å²) in [7, 11) is 0. The first kappa shape index (κ1) is 24.0. The molecule has 0 saturated carbocycles. The van der Waals surface area contributed by atoms with E-state index in [1.54, 1.807) is 0 Å². The molecule has 2 saturated heterocycles. The number of carbonyl (C=O) groups excluding carboxylic acids is 1. The number of aliphatic hydroxyl groups is 6. The van der Waals surface area contributed by atoms with E-state index in [4.69, 9.17) is 20.3 Å². The molecular weight excluding hydrogens is 444 g/mol. The van der Waals surface area contributed by atoms with Crippen LogP contribution >= 0.6 is 0 Å². The third-order valence-corrected chi connectivity index (χ3v) is 5.39. The Morgan fingerprint density at radius 1 is 1.03 bits per heavy atom. The minimum Gasteiger partial charge on any atom is -0.508 e. The number of carbonyl (C=O) groups is 1. The zero-order chi connectivity index (χ0) is 25.2. The minimum atomic E-state index is -1.82. The highest BCUT2D eigenvalue weighted by Gasteiger charge is 2.51. The van der Waals surface area contributed by atoms with Crippen molar-refractivity contribution in [2.24, 2.45) is 0 Å². The van der Waals surface area contributed by atoms with Crippen molar-refractivity contribution in [2.45, 2.75) is 68.3 Å². The SMILES string of the molecule is [2H]/C(=C\C(=O)O[C@H]1C(O[C@@H]2[C@H](O)[C@@H](O)[C@H](C)O[C@H]2O)O[C@H](CO)[C@@H](O)[C@@H]1O)c1ccc(O)cc1. The lowest BCUT2D eigenvalue weighted by molar-refractivity contribution is -0.359. The van der Waals surface area contributed by atoms with Crippen molar-refractivity contribution in [3.05, 3.63) is 35.9 Å². The van der Waals surface area contributed by atoms with E-state index in [2.05, 4.69) is 0 Å². The zero-order valence-corrected chi connectivity index (χ0v) is 17.5. The first-order valence-electron chi connectivity index (χ1n) is 10.7. The highest BCUT2D eigenvalue weighted by atomic mass is 16.7. The Labute approximate surface area is 190 Å². The second kappa shape index (κ2) is 10.9. The number of phenolic OH excluding ortho intramolecular Hbond substituents is 1. The van der Waals surface area contributed by atoms with Gasteiger partial charge in [0, 0.05) is 6.08 Å². The van der Waals surface area contributed by atoms with E-state index in [1.807, 2.05) is 0 Å². The first-order chi connectivity index (χ1) is 16.0. The van der Waals surface area contributed by atoms with Crippen LogP contribution in [-0.4, -0.2) is 110 Å². The third kappa shape index (κ3) is 5.87. The highest BCUT2D eigenvalue weighted by Crippen LogP contribution is 2.29. The number of rotatable bonds is 6. The Bertz CT molecular complexity index is 864. The van der Waals surface area contributed by atoms with Gasteiger partial charge in [0.05, 0.1) is 14.1 Å². The zero-order valence-electron chi connectivity index (χ0n) is 18.5. The van der Waals surface area contributed by atoms with E-state index in [0.717, 1.165) is 6.08 Å². The monoisotopic (exact) mass is 473 g/mol. The van der Waals surface area contributed by atoms with Gasteiger partial charge < -0.3 is 54.7 Å². The Kier molecular flexibility index (Phi) is 7.90. The van der Waals surface area contributed by atoms with Crippen LogP contribution in [0.3, 0.4) is 0 Å². The van der Waals surface area contributed by atoms with Crippen molar-refractivity contribution < 1.29 is 60.9 Å². The normalized spacial score (nSPS) is 40.2. The van der Waals surface area contributed by atoms with Crippen molar-refractivity contribution in [1.82, 2.24) is 0 Å². The van der Waals surface area contributed by atoms with Gasteiger partial charge in [0.2, 0.25) is 0 Å². The molecule has 0 aliphatic carbocycles. The van der Waals surface area contributed by atoms with Crippen LogP contribution in [0.5, 0.6) is 5.75 Å². The van der Waals surface area contributed by atoms with Gasteiger partial charge in [0.1, 0.15) is 42.4 Å². The van der Waals surface area contributed by atoms with E-state index in [-0.39, 0.29) is 17.4 Å². The number of aliphatic hydroxyl groups excluding tert-OH is 6. The van der Waals surface area contributed by atoms with Crippen molar-refractivity contribution in [3.63, 3.8) is 0 Å². The maximum absolute atomic E-state index is 12.4. The average Bonchev–Trinajstić information content (AvgIpc) is 2.79. The molecule has 0 radical (unpaired) electrons. The summed E-state index contributed by atoms with van der Waals surface area (Å²) in [5, 5.41) is 69.9. The van der Waals surface area contributed by atoms with Gasteiger partial charge in [-0.3, -0.25) is 0 Å². The molecule has 3 rings (SSSR count). The van der Waals surface area contributed by atoms with Crippen LogP contribution in [0.1, 0.15) is 13.9 Å². The molecule has 0 amide bonds. The molecule has 1 unspecified atom stereocenters. The summed E-state index contributed by atoms with van der Waals surface area (Å²) in [5.41, 5.74) is 0.275. The number of phenols is 1. The Balaban J connectivity index is 1.79. The van der Waals surface area contributed by atoms with Gasteiger partial charge in [0.25, 0.3) is 0 Å². The summed E-state index contributed by atoms with van der Waals surface area (Å²) in [4.78, 5) is 12.4. The van der Waals surface area contributed by atoms with Crippen LogP contribution in [0.2, 0.25) is 0 Å². The van der Waals surface area contributed by atoms with E-state index in [9.17, 15) is 40.5 Å². The van der Waals surface area contributed by atoms with Gasteiger partial charge >= 0.3 is 5.97 Å². The van der Waals surface area contributed by atoms with Gasteiger partial charge in [-0.05, 0) is 30.7 Å². The molecule has 1 aromatic carbocycles. The Morgan fingerprint density at radius 3 is 2.30 bits per heavy atom. The van der Waals surface area contributed by atoms with Gasteiger partial charge in [-0.15, -0.1) is 0 Å². The summed E-state index contributed by atoms with van der Waals surface area (Å²) in [5.74, 6) is -1.16. The Morgan fingerprint density at radius 2 is 1.67 bits per heavy atom. The maximum Gasteiger partial charge on any atom is 0.331 e. The number of hydrogen-bond donors (Lipinski definition) is 7. The molecule has 33 heavy (non-hydrogen) atoms. The number of esters is 1. The Hall–Kier alpha value is -2.13. The topological polar surface area (TPSA) is 196 Å². The van der Waals surface area contributed by atoms with Crippen LogP contribution in [0.4, 0.5) is 0 Å². The lowest BCUT2D eigenvalue weighted by Crippen LogP contribution is -2.64. The molecule has 2 fully saturated rings. The second-order valence-corrected chi connectivity index (χ2v) is 7.76. The molecule has 0 aromatic heterocycles. The third-order valence-electron chi connectivity index (χ3n) is 5.39. The van der Waals surface area contributed by atoms with Gasteiger partial charge in [-0.25, -0.2) is 4.79 Å². The largest absolute Gasteiger partial charge is 0.508 e. The molecule has 2 aliphatic heterocycles. The summed E-state index contributed by atoms with van der Waals surface area (Å²) in [6.45, 7) is 0.665. The lowest BCUT2D eigenvalue weighted by Gasteiger charge is -2.45. The second-order valence-electron chi connectivity index (χ2n) is 7.76. The van der Waals surface area contributed by atoms with Crippen molar-refractivity contribution in [1.29, 1.82) is 0 Å². The first-order valence-corrected chi connectivity index (χ1v) is 10.2. The van der Waals surface area contributed by atoms with Gasteiger partial charge in [0.15, 0.2) is 18.7 Å². The molecule has 2 heterocycles. The van der Waals surface area contributed by atoms with Crippen LogP contribution < -0.4 is 0 Å². The fourth-order valence-electron chi connectivity index (χ4n) is 3.48. The molecule has 184 valence electrons. The fraction of sp³-hybridized carbons (Fsp3) is 0.571. The molecule has 2 aliphatic rings. The minimum absolute atomic E-state index is 0.0374. The average molecular weight is 473 g/mol. The number of hydrogen-bond acceptors (Lipinski definition) is 12. The highest BCUT2D eigenvalue weighted by molar-refractivity contribution is 5.87. The molecular formula is C21H28O12. The summed E-state index contributed by atoms with van der Waals surface area (Å²) >= 11 is 0. The van der Waals surface area contributed by atoms with Crippen LogP contribution in [-0.2, 0) is 23.7 Å². The number of ether oxygens (including phenoxy) is 4. The molecule has 0 spiro atoms. The number of benzene rings is 1. The van der Waals surface area contributed by atoms with E-state index < -0.39 is 74.0 Å². The summed E-state index contributed by atoms with van der Waals surface area (Å²) in [6, 6.07) is 5.12. The maximum atomic E-state index is 12.4. The van der Waals surface area contributed by atoms with Crippen molar-refractivity contribution in [2.75, 3.05) is 6.61 Å². The van der Waals surface area contributed by atoms with E-state index in [1.165, 1.54) is 31.2 Å². The predicted octanol–water partition coefficient (Wildman–Crippen LogP) is -2.40. The van der Waals surface area contributed by atoms with Crippen molar-refractivity contribution >= 4 is 12.0 Å². The summed E-state index contributed by atoms with van der Waals surface area (Å²) < 4.78 is 29.1.